The Kier molecular flexibility index (Phi) is 3.67. The lowest BCUT2D eigenvalue weighted by atomic mass is 10.2. The van der Waals surface area contributed by atoms with E-state index in [-0.39, 0.29) is 0 Å². The van der Waals surface area contributed by atoms with Crippen molar-refractivity contribution < 1.29 is 0 Å². The van der Waals surface area contributed by atoms with Gasteiger partial charge in [0.15, 0.2) is 0 Å². The van der Waals surface area contributed by atoms with E-state index >= 15 is 0 Å². The maximum atomic E-state index is 6.00. The van der Waals surface area contributed by atoms with Gasteiger partial charge in [0.1, 0.15) is 5.82 Å². The average molecular weight is 263 g/mol. The summed E-state index contributed by atoms with van der Waals surface area (Å²) in [7, 11) is 1.79. The molecule has 0 bridgehead atoms. The van der Waals surface area contributed by atoms with Crippen LogP contribution in [0.15, 0.2) is 24.4 Å². The minimum absolute atomic E-state index is 0.591. The van der Waals surface area contributed by atoms with Gasteiger partial charge in [-0.15, -0.1) is 0 Å². The molecule has 0 aliphatic heterocycles. The van der Waals surface area contributed by atoms with Crippen molar-refractivity contribution in [3.8, 4) is 0 Å². The molecular weight excluding hydrogens is 248 g/mol. The molecule has 1 heterocycles. The number of aromatic nitrogens is 2. The Labute approximate surface area is 111 Å². The fourth-order valence-electron chi connectivity index (χ4n) is 1.55. The van der Waals surface area contributed by atoms with Crippen molar-refractivity contribution in [1.29, 1.82) is 0 Å². The van der Waals surface area contributed by atoms with E-state index in [0.29, 0.717) is 5.95 Å². The highest BCUT2D eigenvalue weighted by Crippen LogP contribution is 2.23. The molecule has 94 valence electrons. The molecule has 0 aliphatic rings. The summed E-state index contributed by atoms with van der Waals surface area (Å²) >= 11 is 6.00. The van der Waals surface area contributed by atoms with Gasteiger partial charge in [-0.25, -0.2) is 4.98 Å². The summed E-state index contributed by atoms with van der Waals surface area (Å²) in [5.41, 5.74) is 2.98. The second kappa shape index (κ2) is 5.23. The van der Waals surface area contributed by atoms with Gasteiger partial charge in [-0.2, -0.15) is 4.98 Å². The van der Waals surface area contributed by atoms with Crippen molar-refractivity contribution in [2.45, 2.75) is 13.8 Å². The van der Waals surface area contributed by atoms with Gasteiger partial charge in [0.05, 0.1) is 0 Å². The zero-order valence-electron chi connectivity index (χ0n) is 10.6. The van der Waals surface area contributed by atoms with Crippen LogP contribution in [0.3, 0.4) is 0 Å². The Balaban J connectivity index is 2.30. The Hall–Kier alpha value is -1.81. The molecule has 0 saturated heterocycles. The zero-order valence-corrected chi connectivity index (χ0v) is 11.3. The van der Waals surface area contributed by atoms with E-state index in [2.05, 4.69) is 20.6 Å². The molecule has 1 aromatic carbocycles. The fourth-order valence-corrected chi connectivity index (χ4v) is 1.67. The van der Waals surface area contributed by atoms with Crippen LogP contribution in [0.5, 0.6) is 0 Å². The predicted octanol–water partition coefficient (Wildman–Crippen LogP) is 3.53. The van der Waals surface area contributed by atoms with Crippen LogP contribution in [-0.2, 0) is 0 Å². The molecule has 5 heteroatoms. The number of hydrogen-bond donors (Lipinski definition) is 2. The van der Waals surface area contributed by atoms with Crippen molar-refractivity contribution in [1.82, 2.24) is 9.97 Å². The van der Waals surface area contributed by atoms with Crippen LogP contribution in [0, 0.1) is 13.8 Å². The zero-order chi connectivity index (χ0) is 13.1. The van der Waals surface area contributed by atoms with Crippen molar-refractivity contribution >= 4 is 29.1 Å². The number of nitrogens with one attached hydrogen (secondary N) is 2. The summed E-state index contributed by atoms with van der Waals surface area (Å²) in [6, 6.07) is 5.79. The standard InChI is InChI=1S/C13H15ClN4/c1-8-6-10(4-5-11(8)14)17-12-9(2)7-16-13(15-3)18-12/h4-7H,1-3H3,(H2,15,16,17,18). The first-order valence-corrected chi connectivity index (χ1v) is 6.02. The van der Waals surface area contributed by atoms with Crippen LogP contribution in [0.1, 0.15) is 11.1 Å². The van der Waals surface area contributed by atoms with E-state index < -0.39 is 0 Å². The van der Waals surface area contributed by atoms with Crippen LogP contribution < -0.4 is 10.6 Å². The van der Waals surface area contributed by atoms with Crippen molar-refractivity contribution in [2.24, 2.45) is 0 Å². The molecule has 0 aliphatic carbocycles. The van der Waals surface area contributed by atoms with Gasteiger partial charge in [0.25, 0.3) is 0 Å². The molecule has 4 nitrogen and oxygen atoms in total. The van der Waals surface area contributed by atoms with Crippen LogP contribution in [0.25, 0.3) is 0 Å². The number of hydrogen-bond acceptors (Lipinski definition) is 4. The predicted molar refractivity (Wildman–Crippen MR) is 75.8 cm³/mol. The second-order valence-electron chi connectivity index (χ2n) is 4.06. The number of rotatable bonds is 3. The summed E-state index contributed by atoms with van der Waals surface area (Å²) in [4.78, 5) is 8.52. The van der Waals surface area contributed by atoms with Gasteiger partial charge in [0.2, 0.25) is 5.95 Å². The molecule has 0 fully saturated rings. The number of aryl methyl sites for hydroxylation is 2. The van der Waals surface area contributed by atoms with Crippen molar-refractivity contribution in [3.63, 3.8) is 0 Å². The molecule has 18 heavy (non-hydrogen) atoms. The molecule has 0 atom stereocenters. The maximum absolute atomic E-state index is 6.00. The Bertz CT molecular complexity index is 569. The van der Waals surface area contributed by atoms with Crippen LogP contribution in [0.4, 0.5) is 17.5 Å². The number of nitrogens with zero attached hydrogens (tertiary/aromatic N) is 2. The topological polar surface area (TPSA) is 49.8 Å². The first-order valence-electron chi connectivity index (χ1n) is 5.64. The lowest BCUT2D eigenvalue weighted by Crippen LogP contribution is -2.02. The first-order chi connectivity index (χ1) is 8.60. The Morgan fingerprint density at radius 1 is 1.17 bits per heavy atom. The molecule has 2 rings (SSSR count). The molecule has 0 spiro atoms. The van der Waals surface area contributed by atoms with Gasteiger partial charge < -0.3 is 10.6 Å². The van der Waals surface area contributed by atoms with Crippen molar-refractivity contribution in [2.75, 3.05) is 17.7 Å². The molecule has 1 aromatic heterocycles. The summed E-state index contributed by atoms with van der Waals surface area (Å²) < 4.78 is 0. The van der Waals surface area contributed by atoms with Crippen LogP contribution in [-0.4, -0.2) is 17.0 Å². The molecule has 0 unspecified atom stereocenters. The first kappa shape index (κ1) is 12.6. The monoisotopic (exact) mass is 262 g/mol. The highest BCUT2D eigenvalue weighted by Gasteiger charge is 2.04. The second-order valence-corrected chi connectivity index (χ2v) is 4.47. The lowest BCUT2D eigenvalue weighted by Gasteiger charge is -2.10. The molecular formula is C13H15ClN4. The molecule has 0 radical (unpaired) electrons. The number of benzene rings is 1. The van der Waals surface area contributed by atoms with E-state index in [1.54, 1.807) is 13.2 Å². The normalized spacial score (nSPS) is 10.2. The third-order valence-corrected chi connectivity index (χ3v) is 3.04. The van der Waals surface area contributed by atoms with E-state index in [1.807, 2.05) is 32.0 Å². The van der Waals surface area contributed by atoms with Gasteiger partial charge in [-0.3, -0.25) is 0 Å². The van der Waals surface area contributed by atoms with Crippen LogP contribution >= 0.6 is 11.6 Å². The summed E-state index contributed by atoms with van der Waals surface area (Å²) in [5.74, 6) is 1.38. The van der Waals surface area contributed by atoms with Crippen LogP contribution in [0.2, 0.25) is 5.02 Å². The van der Waals surface area contributed by atoms with Gasteiger partial charge in [0, 0.05) is 29.5 Å². The molecule has 0 saturated carbocycles. The average Bonchev–Trinajstić information content (AvgIpc) is 2.36. The van der Waals surface area contributed by atoms with Gasteiger partial charge >= 0.3 is 0 Å². The number of halogens is 1. The van der Waals surface area contributed by atoms with E-state index in [4.69, 9.17) is 11.6 Å². The van der Waals surface area contributed by atoms with E-state index in [1.165, 1.54) is 0 Å². The fraction of sp³-hybridized carbons (Fsp3) is 0.231. The van der Waals surface area contributed by atoms with Gasteiger partial charge in [-0.1, -0.05) is 11.6 Å². The highest BCUT2D eigenvalue weighted by molar-refractivity contribution is 6.31. The number of anilines is 3. The Morgan fingerprint density at radius 3 is 2.61 bits per heavy atom. The summed E-state index contributed by atoms with van der Waals surface area (Å²) in [6.45, 7) is 3.93. The minimum Gasteiger partial charge on any atom is -0.357 e. The van der Waals surface area contributed by atoms with Gasteiger partial charge in [-0.05, 0) is 37.6 Å². The summed E-state index contributed by atoms with van der Waals surface area (Å²) in [6.07, 6.45) is 1.78. The third kappa shape index (κ3) is 2.71. The van der Waals surface area contributed by atoms with E-state index in [0.717, 1.165) is 27.7 Å². The Morgan fingerprint density at radius 2 is 1.94 bits per heavy atom. The SMILES string of the molecule is CNc1ncc(C)c(Nc2ccc(Cl)c(C)c2)n1. The third-order valence-electron chi connectivity index (χ3n) is 2.62. The molecule has 2 N–H and O–H groups in total. The van der Waals surface area contributed by atoms with E-state index in [9.17, 15) is 0 Å². The molecule has 0 amide bonds. The highest BCUT2D eigenvalue weighted by atomic mass is 35.5. The largest absolute Gasteiger partial charge is 0.357 e. The quantitative estimate of drug-likeness (QED) is 0.888. The molecule has 2 aromatic rings. The minimum atomic E-state index is 0.591. The maximum Gasteiger partial charge on any atom is 0.224 e. The summed E-state index contributed by atoms with van der Waals surface area (Å²) in [5, 5.41) is 6.94. The lowest BCUT2D eigenvalue weighted by molar-refractivity contribution is 1.12. The van der Waals surface area contributed by atoms with Crippen molar-refractivity contribution in [3.05, 3.63) is 40.5 Å². The smallest absolute Gasteiger partial charge is 0.224 e.